The minimum absolute atomic E-state index is 1.15. The molecule has 144 valence electrons. The Morgan fingerprint density at radius 2 is 1.07 bits per heavy atom. The fourth-order valence-corrected chi connectivity index (χ4v) is 3.98. The molecule has 0 amide bonds. The Kier molecular flexibility index (Phi) is 5.22. The molecule has 0 bridgehead atoms. The van der Waals surface area contributed by atoms with E-state index >= 15 is 0 Å². The van der Waals surface area contributed by atoms with Crippen LogP contribution in [0, 0.1) is 20.8 Å². The normalized spacial score (nSPS) is 10.8. The van der Waals surface area contributed by atoms with Gasteiger partial charge in [0.1, 0.15) is 0 Å². The highest BCUT2D eigenvalue weighted by atomic mass is 14.8. The number of rotatable bonds is 4. The molecule has 0 saturated carbocycles. The third-order valence-electron chi connectivity index (χ3n) is 5.64. The van der Waals surface area contributed by atoms with Crippen LogP contribution in [-0.2, 0) is 0 Å². The number of para-hydroxylation sites is 1. The van der Waals surface area contributed by atoms with E-state index in [-0.39, 0.29) is 0 Å². The van der Waals surface area contributed by atoms with Crippen molar-refractivity contribution in [2.75, 3.05) is 12.4 Å². The van der Waals surface area contributed by atoms with Crippen LogP contribution in [0.4, 0.5) is 5.69 Å². The molecule has 4 aromatic rings. The Hall–Kier alpha value is -3.32. The van der Waals surface area contributed by atoms with Gasteiger partial charge in [0.05, 0.1) is 0 Å². The monoisotopic (exact) mass is 377 g/mol. The summed E-state index contributed by atoms with van der Waals surface area (Å²) in [4.78, 5) is 0. The van der Waals surface area contributed by atoms with Gasteiger partial charge in [-0.25, -0.2) is 0 Å². The molecule has 0 aromatic heterocycles. The summed E-state index contributed by atoms with van der Waals surface area (Å²) in [5.74, 6) is 0. The van der Waals surface area contributed by atoms with Crippen LogP contribution in [0.25, 0.3) is 33.4 Å². The summed E-state index contributed by atoms with van der Waals surface area (Å²) in [6.07, 6.45) is 0. The van der Waals surface area contributed by atoms with Gasteiger partial charge in [-0.15, -0.1) is 0 Å². The van der Waals surface area contributed by atoms with Crippen molar-refractivity contribution >= 4 is 5.69 Å². The van der Waals surface area contributed by atoms with E-state index in [4.69, 9.17) is 0 Å². The topological polar surface area (TPSA) is 12.0 Å². The second-order valence-corrected chi connectivity index (χ2v) is 7.72. The van der Waals surface area contributed by atoms with E-state index in [9.17, 15) is 0 Å². The molecule has 0 unspecified atom stereocenters. The lowest BCUT2D eigenvalue weighted by atomic mass is 9.92. The third kappa shape index (κ3) is 3.82. The summed E-state index contributed by atoms with van der Waals surface area (Å²) in [5.41, 5.74) is 12.6. The first-order chi connectivity index (χ1) is 14.1. The van der Waals surface area contributed by atoms with E-state index in [1.165, 1.54) is 50.1 Å². The zero-order chi connectivity index (χ0) is 20.4. The molecule has 0 aliphatic carbocycles. The zero-order valence-corrected chi connectivity index (χ0v) is 17.6. The standard InChI is InChI=1S/C28H27N/c1-19-9-11-22(12-10-19)25-15-13-23(17-20(25)2)24-14-16-26(21(3)18-24)27-7-5-6-8-28(27)29-4/h5-18,29H,1-4H3. The van der Waals surface area contributed by atoms with Crippen LogP contribution in [-0.4, -0.2) is 7.05 Å². The van der Waals surface area contributed by atoms with Gasteiger partial charge in [-0.3, -0.25) is 0 Å². The van der Waals surface area contributed by atoms with Crippen LogP contribution in [0.3, 0.4) is 0 Å². The highest BCUT2D eigenvalue weighted by Crippen LogP contribution is 2.34. The summed E-state index contributed by atoms with van der Waals surface area (Å²) in [7, 11) is 1.97. The van der Waals surface area contributed by atoms with E-state index in [1.807, 2.05) is 7.05 Å². The number of hydrogen-bond donors (Lipinski definition) is 1. The maximum absolute atomic E-state index is 3.30. The molecule has 0 spiro atoms. The van der Waals surface area contributed by atoms with Crippen LogP contribution in [0.15, 0.2) is 84.9 Å². The van der Waals surface area contributed by atoms with Gasteiger partial charge in [0.15, 0.2) is 0 Å². The van der Waals surface area contributed by atoms with Crippen LogP contribution in [0.1, 0.15) is 16.7 Å². The van der Waals surface area contributed by atoms with Crippen molar-refractivity contribution in [3.63, 3.8) is 0 Å². The van der Waals surface area contributed by atoms with Gasteiger partial charge in [-0.2, -0.15) is 0 Å². The SMILES string of the molecule is CNc1ccccc1-c1ccc(-c2ccc(-c3ccc(C)cc3)c(C)c2)cc1C. The molecule has 4 rings (SSSR count). The first kappa shape index (κ1) is 19.0. The first-order valence-electron chi connectivity index (χ1n) is 10.1. The summed E-state index contributed by atoms with van der Waals surface area (Å²) in [6.45, 7) is 6.52. The largest absolute Gasteiger partial charge is 0.388 e. The Bertz CT molecular complexity index is 1150. The highest BCUT2D eigenvalue weighted by molar-refractivity contribution is 5.82. The highest BCUT2D eigenvalue weighted by Gasteiger charge is 2.09. The van der Waals surface area contributed by atoms with E-state index in [1.54, 1.807) is 0 Å². The van der Waals surface area contributed by atoms with Crippen LogP contribution in [0.5, 0.6) is 0 Å². The second-order valence-electron chi connectivity index (χ2n) is 7.72. The van der Waals surface area contributed by atoms with Crippen molar-refractivity contribution in [1.82, 2.24) is 0 Å². The van der Waals surface area contributed by atoms with Gasteiger partial charge in [0.25, 0.3) is 0 Å². The van der Waals surface area contributed by atoms with Gasteiger partial charge >= 0.3 is 0 Å². The number of hydrogen-bond acceptors (Lipinski definition) is 1. The Labute approximate surface area is 174 Å². The summed E-state index contributed by atoms with van der Waals surface area (Å²) in [6, 6.07) is 30.8. The Morgan fingerprint density at radius 3 is 1.66 bits per heavy atom. The van der Waals surface area contributed by atoms with E-state index < -0.39 is 0 Å². The molecule has 1 nitrogen and oxygen atoms in total. The molecular weight excluding hydrogens is 350 g/mol. The number of aryl methyl sites for hydroxylation is 3. The lowest BCUT2D eigenvalue weighted by Gasteiger charge is -2.14. The zero-order valence-electron chi connectivity index (χ0n) is 17.6. The van der Waals surface area contributed by atoms with Gasteiger partial charge < -0.3 is 5.32 Å². The number of nitrogens with one attached hydrogen (secondary N) is 1. The first-order valence-corrected chi connectivity index (χ1v) is 10.1. The number of anilines is 1. The molecular formula is C28H27N. The van der Waals surface area contributed by atoms with Crippen LogP contribution in [0.2, 0.25) is 0 Å². The molecule has 29 heavy (non-hydrogen) atoms. The molecule has 0 heterocycles. The van der Waals surface area contributed by atoms with Gasteiger partial charge in [0, 0.05) is 18.3 Å². The minimum Gasteiger partial charge on any atom is -0.388 e. The van der Waals surface area contributed by atoms with Crippen molar-refractivity contribution in [3.8, 4) is 33.4 Å². The average molecular weight is 378 g/mol. The Morgan fingerprint density at radius 1 is 0.517 bits per heavy atom. The smallest absolute Gasteiger partial charge is 0.0417 e. The van der Waals surface area contributed by atoms with E-state index in [0.29, 0.717) is 0 Å². The quantitative estimate of drug-likeness (QED) is 0.385. The molecule has 0 fully saturated rings. The fourth-order valence-electron chi connectivity index (χ4n) is 3.98. The van der Waals surface area contributed by atoms with Crippen molar-refractivity contribution < 1.29 is 0 Å². The Balaban J connectivity index is 1.70. The maximum Gasteiger partial charge on any atom is 0.0417 e. The molecule has 0 atom stereocenters. The second kappa shape index (κ2) is 7.97. The molecule has 0 radical (unpaired) electrons. The van der Waals surface area contributed by atoms with Gasteiger partial charge in [-0.1, -0.05) is 84.4 Å². The summed E-state index contributed by atoms with van der Waals surface area (Å²) >= 11 is 0. The number of benzene rings is 4. The third-order valence-corrected chi connectivity index (χ3v) is 5.64. The van der Waals surface area contributed by atoms with Crippen LogP contribution < -0.4 is 5.32 Å². The van der Waals surface area contributed by atoms with Crippen molar-refractivity contribution in [2.24, 2.45) is 0 Å². The molecule has 0 aliphatic rings. The predicted molar refractivity (Wildman–Crippen MR) is 127 cm³/mol. The summed E-state index contributed by atoms with van der Waals surface area (Å²) in [5, 5.41) is 3.30. The van der Waals surface area contributed by atoms with E-state index in [2.05, 4.69) is 111 Å². The van der Waals surface area contributed by atoms with Gasteiger partial charge in [-0.05, 0) is 65.8 Å². The maximum atomic E-state index is 3.30. The lowest BCUT2D eigenvalue weighted by molar-refractivity contribution is 1.41. The van der Waals surface area contributed by atoms with Crippen molar-refractivity contribution in [3.05, 3.63) is 102 Å². The van der Waals surface area contributed by atoms with Crippen molar-refractivity contribution in [1.29, 1.82) is 0 Å². The molecule has 1 heteroatoms. The van der Waals surface area contributed by atoms with Crippen LogP contribution >= 0.6 is 0 Å². The lowest BCUT2D eigenvalue weighted by Crippen LogP contribution is -1.93. The van der Waals surface area contributed by atoms with Gasteiger partial charge in [0.2, 0.25) is 0 Å². The van der Waals surface area contributed by atoms with Crippen molar-refractivity contribution in [2.45, 2.75) is 20.8 Å². The average Bonchev–Trinajstić information content (AvgIpc) is 2.74. The molecule has 1 N–H and O–H groups in total. The predicted octanol–water partition coefficient (Wildman–Crippen LogP) is 7.65. The fraction of sp³-hybridized carbons (Fsp3) is 0.143. The molecule has 0 aliphatic heterocycles. The summed E-state index contributed by atoms with van der Waals surface area (Å²) < 4.78 is 0. The molecule has 0 saturated heterocycles. The minimum atomic E-state index is 1.15. The molecule has 4 aromatic carbocycles. The van der Waals surface area contributed by atoms with E-state index in [0.717, 1.165) is 5.69 Å².